The summed E-state index contributed by atoms with van der Waals surface area (Å²) in [4.78, 5) is 4.57. The Hall–Kier alpha value is -1.31. The molecule has 0 aliphatic rings. The van der Waals surface area contributed by atoms with Gasteiger partial charge in [-0.3, -0.25) is 0 Å². The van der Waals surface area contributed by atoms with Gasteiger partial charge in [-0.05, 0) is 24.6 Å². The quantitative estimate of drug-likeness (QED) is 0.541. The van der Waals surface area contributed by atoms with Gasteiger partial charge >= 0.3 is 0 Å². The summed E-state index contributed by atoms with van der Waals surface area (Å²) in [5.74, 6) is 0.866. The van der Waals surface area contributed by atoms with Crippen LogP contribution in [0.2, 0.25) is 0 Å². The zero-order chi connectivity index (χ0) is 12.1. The van der Waals surface area contributed by atoms with Crippen LogP contribution in [0.15, 0.2) is 29.3 Å². The number of hydrogen-bond acceptors (Lipinski definition) is 1. The third-order valence-corrected chi connectivity index (χ3v) is 2.07. The number of nitrogens with zero attached hydrogens (tertiary/aromatic N) is 2. The molecule has 0 unspecified atom stereocenters. The maximum Gasteiger partial charge on any atom is -0.0271 e. The van der Waals surface area contributed by atoms with Crippen LogP contribution in [0.4, 0.5) is 0 Å². The number of aryl methyl sites for hydroxylation is 1. The van der Waals surface area contributed by atoms with E-state index in [-0.39, 0.29) is 12.1 Å². The second-order valence-corrected chi connectivity index (χ2v) is 4.64. The van der Waals surface area contributed by atoms with Gasteiger partial charge in [-0.25, -0.2) is 0 Å². The Morgan fingerprint density at radius 3 is 2.06 bits per heavy atom. The fourth-order valence-electron chi connectivity index (χ4n) is 1.37. The molecule has 0 atom stereocenters. The topological polar surface area (TPSA) is 26.5 Å². The second kappa shape index (κ2) is 5.69. The van der Waals surface area contributed by atoms with Crippen LogP contribution in [0.3, 0.4) is 0 Å². The van der Waals surface area contributed by atoms with E-state index in [0.717, 1.165) is 11.4 Å². The van der Waals surface area contributed by atoms with Crippen molar-refractivity contribution < 1.29 is 0 Å². The van der Waals surface area contributed by atoms with Crippen LogP contribution in [-0.2, 0) is 0 Å². The molecule has 0 aliphatic heterocycles. The molecule has 0 amide bonds. The maximum atomic E-state index is 4.57. The Balaban J connectivity index is 2.96. The molecule has 0 fully saturated rings. The summed E-state index contributed by atoms with van der Waals surface area (Å²) >= 11 is 0. The standard InChI is InChI=1S/C14H21N2/c1-10(2)15-14(16-11(3)4)13-8-6-12(5)7-9-13/h6-11H,1-5H3/q-1. The van der Waals surface area contributed by atoms with Crippen molar-refractivity contribution in [3.05, 3.63) is 40.7 Å². The number of amidine groups is 1. The van der Waals surface area contributed by atoms with Crippen LogP contribution in [-0.4, -0.2) is 17.9 Å². The zero-order valence-electron chi connectivity index (χ0n) is 10.9. The van der Waals surface area contributed by atoms with Gasteiger partial charge in [0.15, 0.2) is 0 Å². The van der Waals surface area contributed by atoms with Gasteiger partial charge in [-0.15, -0.1) is 0 Å². The van der Waals surface area contributed by atoms with Crippen LogP contribution in [0.1, 0.15) is 38.8 Å². The first kappa shape index (κ1) is 12.8. The van der Waals surface area contributed by atoms with E-state index < -0.39 is 0 Å². The van der Waals surface area contributed by atoms with Crippen molar-refractivity contribution in [2.24, 2.45) is 4.99 Å². The van der Waals surface area contributed by atoms with E-state index in [0.29, 0.717) is 0 Å². The lowest BCUT2D eigenvalue weighted by atomic mass is 10.1. The normalized spacial score (nSPS) is 12.3. The van der Waals surface area contributed by atoms with Gasteiger partial charge in [-0.1, -0.05) is 63.4 Å². The van der Waals surface area contributed by atoms with E-state index >= 15 is 0 Å². The van der Waals surface area contributed by atoms with Gasteiger partial charge in [0.2, 0.25) is 0 Å². The highest BCUT2D eigenvalue weighted by Gasteiger charge is 1.96. The zero-order valence-corrected chi connectivity index (χ0v) is 10.9. The molecule has 0 bridgehead atoms. The fourth-order valence-corrected chi connectivity index (χ4v) is 1.37. The molecule has 88 valence electrons. The van der Waals surface area contributed by atoms with Crippen molar-refractivity contribution in [1.82, 2.24) is 0 Å². The average Bonchev–Trinajstić information content (AvgIpc) is 2.16. The summed E-state index contributed by atoms with van der Waals surface area (Å²) in [5.41, 5.74) is 2.37. The van der Waals surface area contributed by atoms with Crippen molar-refractivity contribution in [3.8, 4) is 0 Å². The Kier molecular flexibility index (Phi) is 4.53. The fraction of sp³-hybridized carbons (Fsp3) is 0.500. The molecule has 1 rings (SSSR count). The molecule has 0 N–H and O–H groups in total. The smallest absolute Gasteiger partial charge is 0.0271 e. The molecule has 1 aromatic carbocycles. The Labute approximate surface area is 98.8 Å². The monoisotopic (exact) mass is 217 g/mol. The van der Waals surface area contributed by atoms with E-state index in [2.05, 4.69) is 69.2 Å². The third kappa shape index (κ3) is 4.05. The molecule has 0 aromatic heterocycles. The van der Waals surface area contributed by atoms with Gasteiger partial charge in [-0.2, -0.15) is 0 Å². The summed E-state index contributed by atoms with van der Waals surface area (Å²) < 4.78 is 0. The minimum Gasteiger partial charge on any atom is -0.462 e. The van der Waals surface area contributed by atoms with E-state index in [1.807, 2.05) is 0 Å². The predicted octanol–water partition coefficient (Wildman–Crippen LogP) is 3.93. The average molecular weight is 217 g/mol. The predicted molar refractivity (Wildman–Crippen MR) is 71.3 cm³/mol. The van der Waals surface area contributed by atoms with Gasteiger partial charge in [0.1, 0.15) is 0 Å². The Morgan fingerprint density at radius 1 is 1.06 bits per heavy atom. The molecule has 0 spiro atoms. The number of hydrogen-bond donors (Lipinski definition) is 0. The highest BCUT2D eigenvalue weighted by Crippen LogP contribution is 2.13. The van der Waals surface area contributed by atoms with E-state index in [1.165, 1.54) is 5.56 Å². The highest BCUT2D eigenvalue weighted by atomic mass is 15.0. The molecule has 0 saturated heterocycles. The number of rotatable bonds is 3. The van der Waals surface area contributed by atoms with Crippen molar-refractivity contribution >= 4 is 5.84 Å². The number of benzene rings is 1. The molecule has 2 heteroatoms. The first-order valence-corrected chi connectivity index (χ1v) is 5.84. The molecule has 1 aromatic rings. The maximum absolute atomic E-state index is 4.57. The lowest BCUT2D eigenvalue weighted by molar-refractivity contribution is 0.832. The molecule has 0 heterocycles. The third-order valence-electron chi connectivity index (χ3n) is 2.07. The van der Waals surface area contributed by atoms with E-state index in [1.54, 1.807) is 0 Å². The summed E-state index contributed by atoms with van der Waals surface area (Å²) in [7, 11) is 0. The second-order valence-electron chi connectivity index (χ2n) is 4.64. The SMILES string of the molecule is Cc1ccc(C(=NC(C)C)[N-]C(C)C)cc1. The van der Waals surface area contributed by atoms with Crippen LogP contribution in [0, 0.1) is 6.92 Å². The lowest BCUT2D eigenvalue weighted by Crippen LogP contribution is -2.09. The first-order chi connectivity index (χ1) is 7.49. The van der Waals surface area contributed by atoms with Gasteiger partial charge in [0.05, 0.1) is 0 Å². The molecule has 0 radical (unpaired) electrons. The van der Waals surface area contributed by atoms with Crippen molar-refractivity contribution in [2.45, 2.75) is 46.7 Å². The van der Waals surface area contributed by atoms with Gasteiger partial charge in [0.25, 0.3) is 0 Å². The van der Waals surface area contributed by atoms with Crippen LogP contribution in [0.25, 0.3) is 5.32 Å². The molecular weight excluding hydrogens is 196 g/mol. The molecule has 16 heavy (non-hydrogen) atoms. The van der Waals surface area contributed by atoms with Gasteiger partial charge < -0.3 is 10.3 Å². The molecular formula is C14H21N2-. The van der Waals surface area contributed by atoms with Crippen molar-refractivity contribution in [2.75, 3.05) is 0 Å². The molecule has 0 saturated carbocycles. The molecule has 0 aliphatic carbocycles. The van der Waals surface area contributed by atoms with Crippen molar-refractivity contribution in [3.63, 3.8) is 0 Å². The van der Waals surface area contributed by atoms with Crippen LogP contribution in [0.5, 0.6) is 0 Å². The lowest BCUT2D eigenvalue weighted by Gasteiger charge is -2.24. The van der Waals surface area contributed by atoms with Crippen molar-refractivity contribution in [1.29, 1.82) is 0 Å². The summed E-state index contributed by atoms with van der Waals surface area (Å²) in [5, 5.41) is 4.57. The summed E-state index contributed by atoms with van der Waals surface area (Å²) in [6, 6.07) is 8.92. The van der Waals surface area contributed by atoms with Crippen LogP contribution >= 0.6 is 0 Å². The Morgan fingerprint density at radius 2 is 1.62 bits per heavy atom. The summed E-state index contributed by atoms with van der Waals surface area (Å²) in [6.07, 6.45) is 0. The largest absolute Gasteiger partial charge is 0.462 e. The highest BCUT2D eigenvalue weighted by molar-refractivity contribution is 6.08. The first-order valence-electron chi connectivity index (χ1n) is 5.84. The Bertz CT molecular complexity index is 348. The van der Waals surface area contributed by atoms with Crippen LogP contribution < -0.4 is 0 Å². The molecule has 2 nitrogen and oxygen atoms in total. The van der Waals surface area contributed by atoms with E-state index in [4.69, 9.17) is 0 Å². The van der Waals surface area contributed by atoms with E-state index in [9.17, 15) is 0 Å². The minimum atomic E-state index is 0.277. The minimum absolute atomic E-state index is 0.277. The summed E-state index contributed by atoms with van der Waals surface area (Å²) in [6.45, 7) is 10.4. The van der Waals surface area contributed by atoms with Gasteiger partial charge in [0, 0.05) is 0 Å². The number of aliphatic imine (C=N–C) groups is 1.